The molecule has 1 atom stereocenters. The maximum Gasteiger partial charge on any atom is 0.323 e. The molecule has 1 aliphatic rings. The Bertz CT molecular complexity index is 314. The maximum absolute atomic E-state index is 12.4. The minimum absolute atomic E-state index is 0.120. The number of rotatable bonds is 3. The van der Waals surface area contributed by atoms with Gasteiger partial charge in [0.25, 0.3) is 0 Å². The van der Waals surface area contributed by atoms with E-state index in [1.165, 1.54) is 4.90 Å². The van der Waals surface area contributed by atoms with Crippen molar-refractivity contribution in [2.45, 2.75) is 51.6 Å². The van der Waals surface area contributed by atoms with Crippen molar-refractivity contribution in [2.24, 2.45) is 0 Å². The Morgan fingerprint density at radius 1 is 1.41 bits per heavy atom. The molecule has 0 bridgehead atoms. The number of amides is 1. The molecular formula is C12H22N2O3. The number of hydrogen-bond acceptors (Lipinski definition) is 3. The van der Waals surface area contributed by atoms with Gasteiger partial charge in [-0.1, -0.05) is 0 Å². The molecule has 1 amide bonds. The van der Waals surface area contributed by atoms with Crippen LogP contribution < -0.4 is 5.32 Å². The average molecular weight is 242 g/mol. The highest BCUT2D eigenvalue weighted by atomic mass is 16.4. The van der Waals surface area contributed by atoms with Crippen LogP contribution in [-0.4, -0.2) is 46.1 Å². The van der Waals surface area contributed by atoms with Crippen LogP contribution in [0.4, 0.5) is 0 Å². The number of carbonyl (C=O) groups is 2. The summed E-state index contributed by atoms with van der Waals surface area (Å²) in [4.78, 5) is 24.8. The predicted octanol–water partition coefficient (Wildman–Crippen LogP) is 0.840. The van der Waals surface area contributed by atoms with Crippen LogP contribution in [0.15, 0.2) is 0 Å². The molecule has 0 aliphatic carbocycles. The number of carboxylic acids is 1. The van der Waals surface area contributed by atoms with Crippen molar-refractivity contribution < 1.29 is 14.7 Å². The van der Waals surface area contributed by atoms with Crippen LogP contribution in [0.25, 0.3) is 0 Å². The van der Waals surface area contributed by atoms with Crippen LogP contribution in [0.1, 0.15) is 40.5 Å². The normalized spacial score (nSPS) is 24.7. The Balaban J connectivity index is 2.90. The summed E-state index contributed by atoms with van der Waals surface area (Å²) < 4.78 is 0. The lowest BCUT2D eigenvalue weighted by molar-refractivity contribution is -0.151. The lowest BCUT2D eigenvalue weighted by Crippen LogP contribution is -2.59. The number of carbonyl (C=O) groups excluding carboxylic acids is 1. The lowest BCUT2D eigenvalue weighted by Gasteiger charge is -2.39. The second kappa shape index (κ2) is 4.64. The van der Waals surface area contributed by atoms with Crippen LogP contribution in [-0.2, 0) is 9.59 Å². The van der Waals surface area contributed by atoms with Crippen molar-refractivity contribution in [1.29, 1.82) is 0 Å². The van der Waals surface area contributed by atoms with Crippen molar-refractivity contribution in [3.63, 3.8) is 0 Å². The standard InChI is InChI=1S/C12H22N2O3/c1-11(2,3)14(8-9(15)16)10(17)12(4)6-5-7-13-12/h13H,5-8H2,1-4H3,(H,15,16). The van der Waals surface area contributed by atoms with Crippen LogP contribution in [0.2, 0.25) is 0 Å². The number of nitrogens with zero attached hydrogens (tertiary/aromatic N) is 1. The lowest BCUT2D eigenvalue weighted by atomic mass is 9.95. The molecule has 1 unspecified atom stereocenters. The van der Waals surface area contributed by atoms with Gasteiger partial charge >= 0.3 is 5.97 Å². The van der Waals surface area contributed by atoms with E-state index in [0.717, 1.165) is 19.4 Å². The first-order chi connectivity index (χ1) is 7.67. The molecule has 0 aromatic carbocycles. The Hall–Kier alpha value is -1.10. The summed E-state index contributed by atoms with van der Waals surface area (Å²) in [5.41, 5.74) is -1.09. The van der Waals surface area contributed by atoms with Crippen LogP contribution >= 0.6 is 0 Å². The quantitative estimate of drug-likeness (QED) is 0.769. The first kappa shape index (κ1) is 14.0. The van der Waals surface area contributed by atoms with E-state index in [1.807, 2.05) is 27.7 Å². The van der Waals surface area contributed by atoms with E-state index in [0.29, 0.717) is 0 Å². The Kier molecular flexibility index (Phi) is 3.81. The zero-order valence-electron chi connectivity index (χ0n) is 11.0. The predicted molar refractivity (Wildman–Crippen MR) is 64.7 cm³/mol. The molecule has 17 heavy (non-hydrogen) atoms. The number of nitrogens with one attached hydrogen (secondary N) is 1. The van der Waals surface area contributed by atoms with Gasteiger partial charge in [-0.2, -0.15) is 0 Å². The smallest absolute Gasteiger partial charge is 0.323 e. The zero-order valence-corrected chi connectivity index (χ0v) is 11.0. The van der Waals surface area contributed by atoms with E-state index in [-0.39, 0.29) is 12.5 Å². The molecule has 0 saturated carbocycles. The van der Waals surface area contributed by atoms with Gasteiger partial charge in [0, 0.05) is 5.54 Å². The van der Waals surface area contributed by atoms with Gasteiger partial charge in [-0.15, -0.1) is 0 Å². The van der Waals surface area contributed by atoms with Gasteiger partial charge < -0.3 is 15.3 Å². The van der Waals surface area contributed by atoms with E-state index in [1.54, 1.807) is 0 Å². The molecule has 1 saturated heterocycles. The summed E-state index contributed by atoms with van der Waals surface area (Å²) in [6.07, 6.45) is 1.71. The highest BCUT2D eigenvalue weighted by molar-refractivity contribution is 5.89. The second-order valence-electron chi connectivity index (χ2n) is 5.82. The maximum atomic E-state index is 12.4. The van der Waals surface area contributed by atoms with E-state index in [4.69, 9.17) is 5.11 Å². The molecule has 1 aliphatic heterocycles. The van der Waals surface area contributed by atoms with Crippen molar-refractivity contribution in [3.8, 4) is 0 Å². The van der Waals surface area contributed by atoms with Gasteiger partial charge in [-0.25, -0.2) is 0 Å². The van der Waals surface area contributed by atoms with E-state index in [2.05, 4.69) is 5.32 Å². The molecule has 1 heterocycles. The van der Waals surface area contributed by atoms with Gasteiger partial charge in [0.15, 0.2) is 0 Å². The minimum atomic E-state index is -0.977. The van der Waals surface area contributed by atoms with Crippen LogP contribution in [0, 0.1) is 0 Å². The van der Waals surface area contributed by atoms with Crippen LogP contribution in [0.5, 0.6) is 0 Å². The van der Waals surface area contributed by atoms with Crippen molar-refractivity contribution in [2.75, 3.05) is 13.1 Å². The fourth-order valence-corrected chi connectivity index (χ4v) is 2.12. The third-order valence-corrected chi connectivity index (χ3v) is 3.19. The van der Waals surface area contributed by atoms with Gasteiger partial charge in [0.2, 0.25) is 5.91 Å². The minimum Gasteiger partial charge on any atom is -0.480 e. The van der Waals surface area contributed by atoms with Crippen molar-refractivity contribution in [3.05, 3.63) is 0 Å². The highest BCUT2D eigenvalue weighted by Crippen LogP contribution is 2.25. The molecule has 98 valence electrons. The molecular weight excluding hydrogens is 220 g/mol. The molecule has 5 heteroatoms. The molecule has 0 aromatic heterocycles. The Morgan fingerprint density at radius 3 is 2.35 bits per heavy atom. The third kappa shape index (κ3) is 3.19. The van der Waals surface area contributed by atoms with E-state index < -0.39 is 17.0 Å². The molecule has 2 N–H and O–H groups in total. The monoisotopic (exact) mass is 242 g/mol. The van der Waals surface area contributed by atoms with Gasteiger partial charge in [0.1, 0.15) is 6.54 Å². The zero-order chi connectivity index (χ0) is 13.3. The first-order valence-electron chi connectivity index (χ1n) is 5.96. The number of carboxylic acid groups (broad SMARTS) is 1. The van der Waals surface area contributed by atoms with Crippen LogP contribution in [0.3, 0.4) is 0 Å². The van der Waals surface area contributed by atoms with Gasteiger partial charge in [0.05, 0.1) is 5.54 Å². The van der Waals surface area contributed by atoms with Crippen molar-refractivity contribution in [1.82, 2.24) is 10.2 Å². The fourth-order valence-electron chi connectivity index (χ4n) is 2.12. The third-order valence-electron chi connectivity index (χ3n) is 3.19. The summed E-state index contributed by atoms with van der Waals surface area (Å²) >= 11 is 0. The van der Waals surface area contributed by atoms with Gasteiger partial charge in [-0.05, 0) is 47.1 Å². The summed E-state index contributed by atoms with van der Waals surface area (Å²) in [5.74, 6) is -1.10. The van der Waals surface area contributed by atoms with Gasteiger partial charge in [-0.3, -0.25) is 9.59 Å². The largest absolute Gasteiger partial charge is 0.480 e. The highest BCUT2D eigenvalue weighted by Gasteiger charge is 2.42. The van der Waals surface area contributed by atoms with E-state index in [9.17, 15) is 9.59 Å². The molecule has 0 radical (unpaired) electrons. The number of hydrogen-bond donors (Lipinski definition) is 2. The fraction of sp³-hybridized carbons (Fsp3) is 0.833. The summed E-state index contributed by atoms with van der Waals surface area (Å²) in [6.45, 7) is 7.97. The second-order valence-corrected chi connectivity index (χ2v) is 5.82. The topological polar surface area (TPSA) is 69.6 Å². The average Bonchev–Trinajstić information content (AvgIpc) is 2.60. The Labute approximate surface area is 102 Å². The van der Waals surface area contributed by atoms with Crippen molar-refractivity contribution >= 4 is 11.9 Å². The molecule has 1 rings (SSSR count). The first-order valence-corrected chi connectivity index (χ1v) is 5.96. The summed E-state index contributed by atoms with van der Waals surface area (Å²) in [5, 5.41) is 12.1. The molecule has 5 nitrogen and oxygen atoms in total. The Morgan fingerprint density at radius 2 is 2.00 bits per heavy atom. The molecule has 0 spiro atoms. The molecule has 0 aromatic rings. The summed E-state index contributed by atoms with van der Waals surface area (Å²) in [7, 11) is 0. The van der Waals surface area contributed by atoms with E-state index >= 15 is 0 Å². The SMILES string of the molecule is CC1(C(=O)N(CC(=O)O)C(C)(C)C)CCCN1. The number of aliphatic carboxylic acids is 1. The summed E-state index contributed by atoms with van der Waals surface area (Å²) in [6, 6.07) is 0. The molecule has 1 fully saturated rings.